The van der Waals surface area contributed by atoms with Gasteiger partial charge < -0.3 is 14.5 Å². The first kappa shape index (κ1) is 20.7. The van der Waals surface area contributed by atoms with Crippen LogP contribution in [0.1, 0.15) is 41.1 Å². The second kappa shape index (κ2) is 9.09. The predicted molar refractivity (Wildman–Crippen MR) is 117 cm³/mol. The van der Waals surface area contributed by atoms with Gasteiger partial charge in [-0.3, -0.25) is 9.59 Å². The van der Waals surface area contributed by atoms with E-state index >= 15 is 0 Å². The number of carbonyl (C=O) groups excluding carboxylic acids is 2. The Morgan fingerprint density at radius 2 is 1.70 bits per heavy atom. The molecule has 158 valence electrons. The van der Waals surface area contributed by atoms with E-state index in [1.54, 1.807) is 36.3 Å². The maximum Gasteiger partial charge on any atom is 0.253 e. The molecule has 2 aromatic rings. The zero-order chi connectivity index (χ0) is 21.1. The number of amides is 2. The number of likely N-dealkylation sites (tertiary alicyclic amines) is 2. The normalized spacial score (nSPS) is 21.5. The Balaban J connectivity index is 1.61. The van der Waals surface area contributed by atoms with E-state index in [0.29, 0.717) is 23.7 Å². The predicted octanol–water partition coefficient (Wildman–Crippen LogP) is 4.22. The average Bonchev–Trinajstić information content (AvgIpc) is 3.25. The number of benzene rings is 2. The minimum atomic E-state index is -0.244. The molecule has 30 heavy (non-hydrogen) atoms. The SMILES string of the molecule is COc1cccc([C@@H]2CN(C(=O)c3ccc(Cl)cc3)C[C@@H]2C(=O)N2CCCCC2)c1. The highest BCUT2D eigenvalue weighted by Gasteiger charge is 2.42. The number of ether oxygens (including phenoxy) is 1. The maximum absolute atomic E-state index is 13.4. The number of carbonyl (C=O) groups is 2. The number of nitrogens with zero attached hydrogens (tertiary/aromatic N) is 2. The molecule has 2 saturated heterocycles. The molecule has 0 radical (unpaired) electrons. The molecular formula is C24H27ClN2O3. The zero-order valence-electron chi connectivity index (χ0n) is 17.2. The van der Waals surface area contributed by atoms with Crippen LogP contribution in [0.25, 0.3) is 0 Å². The topological polar surface area (TPSA) is 49.9 Å². The summed E-state index contributed by atoms with van der Waals surface area (Å²) in [6.07, 6.45) is 3.28. The lowest BCUT2D eigenvalue weighted by atomic mass is 9.87. The Labute approximate surface area is 182 Å². The third kappa shape index (κ3) is 4.31. The van der Waals surface area contributed by atoms with E-state index in [-0.39, 0.29) is 23.7 Å². The van der Waals surface area contributed by atoms with Crippen LogP contribution in [-0.4, -0.2) is 54.9 Å². The molecule has 2 heterocycles. The van der Waals surface area contributed by atoms with Crippen LogP contribution in [0.2, 0.25) is 5.02 Å². The van der Waals surface area contributed by atoms with Crippen molar-refractivity contribution in [2.24, 2.45) is 5.92 Å². The molecule has 2 aliphatic rings. The standard InChI is InChI=1S/C24H27ClN2O3/c1-30-20-7-5-6-18(14-20)21-15-27(23(28)17-8-10-19(25)11-9-17)16-22(21)24(29)26-12-3-2-4-13-26/h5-11,14,21-22H,2-4,12-13,15-16H2,1H3/t21-,22-/m0/s1. The molecule has 0 spiro atoms. The number of hydrogen-bond acceptors (Lipinski definition) is 3. The van der Waals surface area contributed by atoms with Crippen molar-refractivity contribution >= 4 is 23.4 Å². The lowest BCUT2D eigenvalue weighted by Crippen LogP contribution is -2.42. The second-order valence-electron chi connectivity index (χ2n) is 8.09. The highest BCUT2D eigenvalue weighted by molar-refractivity contribution is 6.30. The lowest BCUT2D eigenvalue weighted by molar-refractivity contribution is -0.136. The van der Waals surface area contributed by atoms with E-state index in [9.17, 15) is 9.59 Å². The molecule has 0 unspecified atom stereocenters. The van der Waals surface area contributed by atoms with Crippen LogP contribution >= 0.6 is 11.6 Å². The van der Waals surface area contributed by atoms with Crippen molar-refractivity contribution < 1.29 is 14.3 Å². The van der Waals surface area contributed by atoms with E-state index in [1.807, 2.05) is 29.2 Å². The molecule has 0 aromatic heterocycles. The quantitative estimate of drug-likeness (QED) is 0.735. The Morgan fingerprint density at radius 3 is 2.40 bits per heavy atom. The molecule has 0 bridgehead atoms. The summed E-state index contributed by atoms with van der Waals surface area (Å²) < 4.78 is 5.39. The van der Waals surface area contributed by atoms with Crippen molar-refractivity contribution in [2.45, 2.75) is 25.2 Å². The van der Waals surface area contributed by atoms with Gasteiger partial charge in [-0.15, -0.1) is 0 Å². The zero-order valence-corrected chi connectivity index (χ0v) is 18.0. The summed E-state index contributed by atoms with van der Waals surface area (Å²) in [5.41, 5.74) is 1.63. The molecule has 2 aromatic carbocycles. The molecule has 2 aliphatic heterocycles. The van der Waals surface area contributed by atoms with Gasteiger partial charge in [0.05, 0.1) is 13.0 Å². The van der Waals surface area contributed by atoms with Gasteiger partial charge in [0.15, 0.2) is 0 Å². The summed E-state index contributed by atoms with van der Waals surface area (Å²) >= 11 is 5.97. The van der Waals surface area contributed by atoms with Crippen molar-refractivity contribution in [3.63, 3.8) is 0 Å². The highest BCUT2D eigenvalue weighted by Crippen LogP contribution is 2.36. The summed E-state index contributed by atoms with van der Waals surface area (Å²) in [5, 5.41) is 0.598. The van der Waals surface area contributed by atoms with Crippen LogP contribution in [0.15, 0.2) is 48.5 Å². The van der Waals surface area contributed by atoms with E-state index < -0.39 is 0 Å². The molecule has 0 N–H and O–H groups in total. The van der Waals surface area contributed by atoms with Crippen LogP contribution < -0.4 is 4.74 Å². The molecular weight excluding hydrogens is 400 g/mol. The lowest BCUT2D eigenvalue weighted by Gasteiger charge is -2.31. The van der Waals surface area contributed by atoms with Gasteiger partial charge in [-0.2, -0.15) is 0 Å². The van der Waals surface area contributed by atoms with Gasteiger partial charge in [0, 0.05) is 42.7 Å². The van der Waals surface area contributed by atoms with Crippen molar-refractivity contribution in [3.8, 4) is 5.75 Å². The van der Waals surface area contributed by atoms with Crippen LogP contribution in [0.5, 0.6) is 5.75 Å². The summed E-state index contributed by atoms with van der Waals surface area (Å²) in [7, 11) is 1.64. The van der Waals surface area contributed by atoms with Gasteiger partial charge in [-0.1, -0.05) is 23.7 Å². The van der Waals surface area contributed by atoms with Gasteiger partial charge in [-0.25, -0.2) is 0 Å². The fourth-order valence-corrected chi connectivity index (χ4v) is 4.68. The number of halogens is 1. The Morgan fingerprint density at radius 1 is 0.967 bits per heavy atom. The van der Waals surface area contributed by atoms with Crippen molar-refractivity contribution in [2.75, 3.05) is 33.3 Å². The summed E-state index contributed by atoms with van der Waals surface area (Å²) in [6.45, 7) is 2.56. The van der Waals surface area contributed by atoms with E-state index in [1.165, 1.54) is 6.42 Å². The minimum Gasteiger partial charge on any atom is -0.497 e. The first-order valence-corrected chi connectivity index (χ1v) is 10.9. The smallest absolute Gasteiger partial charge is 0.253 e. The largest absolute Gasteiger partial charge is 0.497 e. The highest BCUT2D eigenvalue weighted by atomic mass is 35.5. The Hall–Kier alpha value is -2.53. The fourth-order valence-electron chi connectivity index (χ4n) is 4.55. The van der Waals surface area contributed by atoms with Crippen molar-refractivity contribution in [1.29, 1.82) is 0 Å². The van der Waals surface area contributed by atoms with E-state index in [2.05, 4.69) is 0 Å². The first-order chi connectivity index (χ1) is 14.6. The van der Waals surface area contributed by atoms with Gasteiger partial charge in [-0.05, 0) is 61.2 Å². The summed E-state index contributed by atoms with van der Waals surface area (Å²) in [5.74, 6) is 0.568. The first-order valence-electron chi connectivity index (χ1n) is 10.5. The van der Waals surface area contributed by atoms with Crippen LogP contribution in [0.4, 0.5) is 0 Å². The fraction of sp³-hybridized carbons (Fsp3) is 0.417. The Kier molecular flexibility index (Phi) is 6.28. The van der Waals surface area contributed by atoms with Gasteiger partial charge in [0.1, 0.15) is 5.75 Å². The second-order valence-corrected chi connectivity index (χ2v) is 8.53. The Bertz CT molecular complexity index is 909. The van der Waals surface area contributed by atoms with Gasteiger partial charge in [0.2, 0.25) is 5.91 Å². The van der Waals surface area contributed by atoms with Crippen molar-refractivity contribution in [3.05, 3.63) is 64.7 Å². The van der Waals surface area contributed by atoms with Crippen molar-refractivity contribution in [1.82, 2.24) is 9.80 Å². The number of rotatable bonds is 4. The minimum absolute atomic E-state index is 0.0502. The molecule has 2 fully saturated rings. The maximum atomic E-state index is 13.4. The molecule has 2 amide bonds. The third-order valence-corrected chi connectivity index (χ3v) is 6.46. The van der Waals surface area contributed by atoms with Crippen LogP contribution in [-0.2, 0) is 4.79 Å². The monoisotopic (exact) mass is 426 g/mol. The van der Waals surface area contributed by atoms with Gasteiger partial charge >= 0.3 is 0 Å². The van der Waals surface area contributed by atoms with Crippen LogP contribution in [0, 0.1) is 5.92 Å². The average molecular weight is 427 g/mol. The summed E-state index contributed by atoms with van der Waals surface area (Å²) in [6, 6.07) is 14.8. The molecule has 5 nitrogen and oxygen atoms in total. The number of piperidine rings is 1. The van der Waals surface area contributed by atoms with E-state index in [0.717, 1.165) is 37.2 Å². The van der Waals surface area contributed by atoms with E-state index in [4.69, 9.17) is 16.3 Å². The molecule has 6 heteroatoms. The van der Waals surface area contributed by atoms with Gasteiger partial charge in [0.25, 0.3) is 5.91 Å². The molecule has 2 atom stereocenters. The molecule has 0 aliphatic carbocycles. The number of hydrogen-bond donors (Lipinski definition) is 0. The summed E-state index contributed by atoms with van der Waals surface area (Å²) in [4.78, 5) is 30.4. The number of methoxy groups -OCH3 is 1. The van der Waals surface area contributed by atoms with Crippen LogP contribution in [0.3, 0.4) is 0 Å². The molecule has 0 saturated carbocycles. The third-order valence-electron chi connectivity index (χ3n) is 6.21. The molecule has 4 rings (SSSR count).